The normalized spacial score (nSPS) is 10.5. The fourth-order valence-corrected chi connectivity index (χ4v) is 3.21. The van der Waals surface area contributed by atoms with E-state index in [0.29, 0.717) is 23.0 Å². The van der Waals surface area contributed by atoms with Gasteiger partial charge in [-0.1, -0.05) is 24.3 Å². The number of carbonyl (C=O) groups excluding carboxylic acids is 2. The van der Waals surface area contributed by atoms with Crippen LogP contribution in [0.5, 0.6) is 0 Å². The summed E-state index contributed by atoms with van der Waals surface area (Å²) in [6.07, 6.45) is 1.43. The molecule has 2 N–H and O–H groups in total. The Morgan fingerprint density at radius 1 is 1.04 bits per heavy atom. The van der Waals surface area contributed by atoms with Crippen LogP contribution in [0.25, 0.3) is 0 Å². The molecular weight excluding hydrogens is 352 g/mol. The maximum atomic E-state index is 12.4. The largest absolute Gasteiger partial charge is 0.459 e. The molecule has 0 aliphatic carbocycles. The van der Waals surface area contributed by atoms with E-state index in [0.717, 1.165) is 11.1 Å². The van der Waals surface area contributed by atoms with Crippen LogP contribution < -0.4 is 10.6 Å². The molecule has 7 heteroatoms. The Labute approximate surface area is 154 Å². The number of methoxy groups -OCH3 is 1. The summed E-state index contributed by atoms with van der Waals surface area (Å²) in [5, 5.41) is 6.18. The summed E-state index contributed by atoms with van der Waals surface area (Å²) in [5.41, 5.74) is 2.04. The maximum Gasteiger partial charge on any atom is 0.291 e. The van der Waals surface area contributed by atoms with Crippen molar-refractivity contribution in [2.45, 2.75) is 13.2 Å². The first-order chi connectivity index (χ1) is 12.7. The third kappa shape index (κ3) is 4.38. The van der Waals surface area contributed by atoms with Gasteiger partial charge in [0.05, 0.1) is 22.7 Å². The monoisotopic (exact) mass is 370 g/mol. The summed E-state index contributed by atoms with van der Waals surface area (Å²) >= 11 is 1.21. The number of rotatable bonds is 7. The zero-order valence-electron chi connectivity index (χ0n) is 14.2. The third-order valence-electron chi connectivity index (χ3n) is 3.67. The van der Waals surface area contributed by atoms with Crippen LogP contribution in [0.1, 0.15) is 31.4 Å². The smallest absolute Gasteiger partial charge is 0.291 e. The molecule has 2 aromatic heterocycles. The molecule has 3 rings (SSSR count). The second-order valence-electron chi connectivity index (χ2n) is 5.48. The Bertz CT molecular complexity index is 887. The Morgan fingerprint density at radius 2 is 1.85 bits per heavy atom. The van der Waals surface area contributed by atoms with Gasteiger partial charge in [0, 0.05) is 13.7 Å². The van der Waals surface area contributed by atoms with Gasteiger partial charge in [-0.15, -0.1) is 11.3 Å². The molecule has 1 aromatic carbocycles. The second kappa shape index (κ2) is 8.46. The first-order valence-corrected chi connectivity index (χ1v) is 8.77. The second-order valence-corrected chi connectivity index (χ2v) is 6.56. The van der Waals surface area contributed by atoms with Gasteiger partial charge in [0.15, 0.2) is 5.76 Å². The Balaban J connectivity index is 1.59. The van der Waals surface area contributed by atoms with Gasteiger partial charge in [0.1, 0.15) is 0 Å². The number of hydrogen-bond acceptors (Lipinski definition) is 5. The van der Waals surface area contributed by atoms with Gasteiger partial charge in [0.2, 0.25) is 0 Å². The average molecular weight is 370 g/mol. The van der Waals surface area contributed by atoms with E-state index in [1.54, 1.807) is 31.4 Å². The van der Waals surface area contributed by atoms with Crippen molar-refractivity contribution in [3.05, 3.63) is 76.6 Å². The van der Waals surface area contributed by atoms with Crippen molar-refractivity contribution in [3.63, 3.8) is 0 Å². The van der Waals surface area contributed by atoms with Crippen molar-refractivity contribution in [1.82, 2.24) is 5.32 Å². The molecule has 0 aliphatic rings. The van der Waals surface area contributed by atoms with Crippen molar-refractivity contribution < 1.29 is 18.7 Å². The molecule has 0 spiro atoms. The highest BCUT2D eigenvalue weighted by Gasteiger charge is 2.13. The highest BCUT2D eigenvalue weighted by Crippen LogP contribution is 2.23. The number of furan rings is 1. The predicted octanol–water partition coefficient (Wildman–Crippen LogP) is 3.67. The quantitative estimate of drug-likeness (QED) is 0.665. The molecule has 0 atom stereocenters. The van der Waals surface area contributed by atoms with Crippen LogP contribution in [0.3, 0.4) is 0 Å². The Hall–Kier alpha value is -2.90. The SMILES string of the molecule is COCc1ccccc1CNC(=O)c1ccc(NC(=O)c2ccco2)s1. The molecule has 0 fully saturated rings. The molecule has 0 unspecified atom stereocenters. The molecule has 0 bridgehead atoms. The van der Waals surface area contributed by atoms with Crippen LogP contribution in [0.4, 0.5) is 5.00 Å². The standard InChI is InChI=1S/C19H18N2O4S/c1-24-12-14-6-3-2-5-13(14)11-20-19(23)16-8-9-17(26-16)21-18(22)15-7-4-10-25-15/h2-10H,11-12H2,1H3,(H,20,23)(H,21,22). The van der Waals surface area contributed by atoms with Crippen molar-refractivity contribution in [2.75, 3.05) is 12.4 Å². The minimum Gasteiger partial charge on any atom is -0.459 e. The number of hydrogen-bond donors (Lipinski definition) is 2. The number of carbonyl (C=O) groups is 2. The number of nitrogens with one attached hydrogen (secondary N) is 2. The molecule has 134 valence electrons. The molecular formula is C19H18N2O4S. The molecule has 0 aliphatic heterocycles. The van der Waals surface area contributed by atoms with E-state index in [2.05, 4.69) is 10.6 Å². The number of thiophene rings is 1. The van der Waals surface area contributed by atoms with E-state index in [1.165, 1.54) is 17.6 Å². The minimum absolute atomic E-state index is 0.194. The summed E-state index contributed by atoms with van der Waals surface area (Å²) in [7, 11) is 1.64. The lowest BCUT2D eigenvalue weighted by Gasteiger charge is -2.09. The van der Waals surface area contributed by atoms with Gasteiger partial charge in [-0.05, 0) is 35.4 Å². The maximum absolute atomic E-state index is 12.4. The summed E-state index contributed by atoms with van der Waals surface area (Å²) in [6.45, 7) is 0.901. The Kier molecular flexibility index (Phi) is 5.83. The van der Waals surface area contributed by atoms with Crippen LogP contribution in [0, 0.1) is 0 Å². The van der Waals surface area contributed by atoms with Crippen molar-refractivity contribution >= 4 is 28.2 Å². The average Bonchev–Trinajstić information content (AvgIpc) is 3.33. The fraction of sp³-hybridized carbons (Fsp3) is 0.158. The molecule has 0 saturated carbocycles. The molecule has 26 heavy (non-hydrogen) atoms. The number of amides is 2. The van der Waals surface area contributed by atoms with E-state index in [4.69, 9.17) is 9.15 Å². The Morgan fingerprint density at radius 3 is 2.58 bits per heavy atom. The van der Waals surface area contributed by atoms with Crippen molar-refractivity contribution in [3.8, 4) is 0 Å². The summed E-state index contributed by atoms with van der Waals surface area (Å²) in [6, 6.07) is 14.4. The summed E-state index contributed by atoms with van der Waals surface area (Å²) in [4.78, 5) is 24.8. The summed E-state index contributed by atoms with van der Waals surface area (Å²) in [5.74, 6) is -0.322. The van der Waals surface area contributed by atoms with Crippen LogP contribution in [-0.2, 0) is 17.9 Å². The predicted molar refractivity (Wildman–Crippen MR) is 99.3 cm³/mol. The van der Waals surface area contributed by atoms with E-state index in [-0.39, 0.29) is 17.6 Å². The lowest BCUT2D eigenvalue weighted by molar-refractivity contribution is 0.0953. The van der Waals surface area contributed by atoms with Crippen LogP contribution in [0.2, 0.25) is 0 Å². The third-order valence-corrected chi connectivity index (χ3v) is 4.67. The molecule has 0 radical (unpaired) electrons. The number of benzene rings is 1. The van der Waals surface area contributed by atoms with E-state index in [1.807, 2.05) is 24.3 Å². The fourth-order valence-electron chi connectivity index (χ4n) is 2.40. The van der Waals surface area contributed by atoms with Gasteiger partial charge < -0.3 is 19.8 Å². The van der Waals surface area contributed by atoms with E-state index in [9.17, 15) is 9.59 Å². The van der Waals surface area contributed by atoms with E-state index < -0.39 is 0 Å². The van der Waals surface area contributed by atoms with Gasteiger partial charge in [-0.25, -0.2) is 0 Å². The highest BCUT2D eigenvalue weighted by atomic mass is 32.1. The molecule has 6 nitrogen and oxygen atoms in total. The van der Waals surface area contributed by atoms with E-state index >= 15 is 0 Å². The topological polar surface area (TPSA) is 80.6 Å². The number of anilines is 1. The molecule has 2 heterocycles. The lowest BCUT2D eigenvalue weighted by atomic mass is 10.1. The zero-order valence-corrected chi connectivity index (χ0v) is 15.0. The van der Waals surface area contributed by atoms with Gasteiger partial charge in [0.25, 0.3) is 11.8 Å². The first-order valence-electron chi connectivity index (χ1n) is 7.96. The van der Waals surface area contributed by atoms with Crippen LogP contribution >= 0.6 is 11.3 Å². The molecule has 3 aromatic rings. The van der Waals surface area contributed by atoms with Crippen molar-refractivity contribution in [1.29, 1.82) is 0 Å². The lowest BCUT2D eigenvalue weighted by Crippen LogP contribution is -2.22. The molecule has 0 saturated heterocycles. The van der Waals surface area contributed by atoms with Gasteiger partial charge >= 0.3 is 0 Å². The molecule has 2 amide bonds. The zero-order chi connectivity index (χ0) is 18.4. The highest BCUT2D eigenvalue weighted by molar-refractivity contribution is 7.18. The van der Waals surface area contributed by atoms with Crippen molar-refractivity contribution in [2.24, 2.45) is 0 Å². The van der Waals surface area contributed by atoms with Crippen LogP contribution in [-0.4, -0.2) is 18.9 Å². The van der Waals surface area contributed by atoms with Crippen LogP contribution in [0.15, 0.2) is 59.2 Å². The van der Waals surface area contributed by atoms with Gasteiger partial charge in [-0.2, -0.15) is 0 Å². The van der Waals surface area contributed by atoms with Gasteiger partial charge in [-0.3, -0.25) is 9.59 Å². The summed E-state index contributed by atoms with van der Waals surface area (Å²) < 4.78 is 10.2. The number of ether oxygens (including phenoxy) is 1. The first kappa shape index (κ1) is 17.9. The minimum atomic E-state index is -0.350.